The lowest BCUT2D eigenvalue weighted by molar-refractivity contribution is 0.873. The van der Waals surface area contributed by atoms with E-state index in [1.165, 1.54) is 0 Å². The third kappa shape index (κ3) is 3.27. The van der Waals surface area contributed by atoms with Crippen LogP contribution < -0.4 is 4.90 Å². The average molecular weight is 292 g/mol. The fourth-order valence-electron chi connectivity index (χ4n) is 1.63. The van der Waals surface area contributed by atoms with Gasteiger partial charge in [-0.3, -0.25) is 9.97 Å². The number of aryl methyl sites for hydroxylation is 1. The molecule has 0 aliphatic carbocycles. The molecule has 17 heavy (non-hydrogen) atoms. The summed E-state index contributed by atoms with van der Waals surface area (Å²) < 4.78 is 0.985. The van der Waals surface area contributed by atoms with Gasteiger partial charge in [-0.15, -0.1) is 0 Å². The molecule has 88 valence electrons. The van der Waals surface area contributed by atoms with Gasteiger partial charge in [-0.2, -0.15) is 0 Å². The molecule has 0 aromatic carbocycles. The van der Waals surface area contributed by atoms with Crippen LogP contribution in [0.15, 0.2) is 41.1 Å². The number of rotatable bonds is 3. The van der Waals surface area contributed by atoms with Gasteiger partial charge in [0, 0.05) is 23.4 Å². The van der Waals surface area contributed by atoms with Crippen molar-refractivity contribution >= 4 is 21.6 Å². The SMILES string of the molecule is Cc1cccc(CN(C)c2cncc(Br)c2)n1. The van der Waals surface area contributed by atoms with Crippen molar-refractivity contribution in [3.63, 3.8) is 0 Å². The van der Waals surface area contributed by atoms with Crippen molar-refractivity contribution in [3.8, 4) is 0 Å². The Morgan fingerprint density at radius 2 is 2.12 bits per heavy atom. The summed E-state index contributed by atoms with van der Waals surface area (Å²) in [6, 6.07) is 8.12. The highest BCUT2D eigenvalue weighted by Crippen LogP contribution is 2.18. The molecule has 0 bridgehead atoms. The molecule has 0 aliphatic rings. The molecule has 0 radical (unpaired) electrons. The van der Waals surface area contributed by atoms with Crippen LogP contribution in [0.4, 0.5) is 5.69 Å². The van der Waals surface area contributed by atoms with Crippen molar-refractivity contribution in [1.29, 1.82) is 0 Å². The maximum atomic E-state index is 4.49. The lowest BCUT2D eigenvalue weighted by Gasteiger charge is -2.18. The van der Waals surface area contributed by atoms with E-state index in [9.17, 15) is 0 Å². The summed E-state index contributed by atoms with van der Waals surface area (Å²) in [6.07, 6.45) is 3.63. The van der Waals surface area contributed by atoms with Crippen molar-refractivity contribution in [2.75, 3.05) is 11.9 Å². The van der Waals surface area contributed by atoms with Gasteiger partial charge in [0.25, 0.3) is 0 Å². The molecule has 4 heteroatoms. The lowest BCUT2D eigenvalue weighted by Crippen LogP contribution is -2.17. The molecule has 0 fully saturated rings. The lowest BCUT2D eigenvalue weighted by atomic mass is 10.3. The average Bonchev–Trinajstić information content (AvgIpc) is 2.29. The fraction of sp³-hybridized carbons (Fsp3) is 0.231. The molecule has 0 N–H and O–H groups in total. The van der Waals surface area contributed by atoms with Crippen LogP contribution in [-0.2, 0) is 6.54 Å². The highest BCUT2D eigenvalue weighted by Gasteiger charge is 2.04. The first-order valence-corrected chi connectivity index (χ1v) is 6.18. The maximum Gasteiger partial charge on any atom is 0.0600 e. The van der Waals surface area contributed by atoms with E-state index < -0.39 is 0 Å². The van der Waals surface area contributed by atoms with Crippen molar-refractivity contribution in [2.24, 2.45) is 0 Å². The van der Waals surface area contributed by atoms with Gasteiger partial charge in [0.1, 0.15) is 0 Å². The van der Waals surface area contributed by atoms with Gasteiger partial charge in [0.15, 0.2) is 0 Å². The molecule has 0 unspecified atom stereocenters. The predicted molar refractivity (Wildman–Crippen MR) is 73.0 cm³/mol. The van der Waals surface area contributed by atoms with Crippen LogP contribution in [0.25, 0.3) is 0 Å². The number of pyridine rings is 2. The molecule has 0 atom stereocenters. The van der Waals surface area contributed by atoms with Gasteiger partial charge in [-0.05, 0) is 41.1 Å². The van der Waals surface area contributed by atoms with Gasteiger partial charge in [0.2, 0.25) is 0 Å². The zero-order valence-electron chi connectivity index (χ0n) is 9.89. The normalized spacial score (nSPS) is 10.3. The largest absolute Gasteiger partial charge is 0.367 e. The van der Waals surface area contributed by atoms with E-state index in [0.717, 1.165) is 28.1 Å². The van der Waals surface area contributed by atoms with Crippen molar-refractivity contribution in [1.82, 2.24) is 9.97 Å². The minimum Gasteiger partial charge on any atom is -0.367 e. The molecule has 0 amide bonds. The van der Waals surface area contributed by atoms with Gasteiger partial charge in [-0.1, -0.05) is 6.07 Å². The van der Waals surface area contributed by atoms with Crippen molar-refractivity contribution < 1.29 is 0 Å². The second kappa shape index (κ2) is 5.27. The standard InChI is InChI=1S/C13H14BrN3/c1-10-4-3-5-12(16-10)9-17(2)13-6-11(14)7-15-8-13/h3-8H,9H2,1-2H3. The quantitative estimate of drug-likeness (QED) is 0.870. The van der Waals surface area contributed by atoms with Crippen LogP contribution in [0.2, 0.25) is 0 Å². The van der Waals surface area contributed by atoms with Gasteiger partial charge in [0.05, 0.1) is 24.1 Å². The van der Waals surface area contributed by atoms with Crippen LogP contribution in [0.5, 0.6) is 0 Å². The van der Waals surface area contributed by atoms with E-state index in [2.05, 4.69) is 30.8 Å². The van der Waals surface area contributed by atoms with Crippen LogP contribution in [-0.4, -0.2) is 17.0 Å². The van der Waals surface area contributed by atoms with Crippen LogP contribution in [0.1, 0.15) is 11.4 Å². The van der Waals surface area contributed by atoms with E-state index >= 15 is 0 Å². The number of hydrogen-bond donors (Lipinski definition) is 0. The summed E-state index contributed by atoms with van der Waals surface area (Å²) in [4.78, 5) is 10.8. The van der Waals surface area contributed by atoms with Crippen LogP contribution >= 0.6 is 15.9 Å². The molecule has 3 nitrogen and oxygen atoms in total. The summed E-state index contributed by atoms with van der Waals surface area (Å²) in [5.41, 5.74) is 3.18. The Kier molecular flexibility index (Phi) is 3.74. The first-order chi connectivity index (χ1) is 8.15. The van der Waals surface area contributed by atoms with E-state index in [1.54, 1.807) is 6.20 Å². The topological polar surface area (TPSA) is 29.0 Å². The molecule has 2 aromatic rings. The number of aromatic nitrogens is 2. The Morgan fingerprint density at radius 1 is 1.29 bits per heavy atom. The molecule has 0 aliphatic heterocycles. The molecule has 0 saturated carbocycles. The van der Waals surface area contributed by atoms with E-state index in [4.69, 9.17) is 0 Å². The number of anilines is 1. The smallest absolute Gasteiger partial charge is 0.0600 e. The Balaban J connectivity index is 2.14. The molecular weight excluding hydrogens is 278 g/mol. The Hall–Kier alpha value is -1.42. The number of halogens is 1. The third-order valence-corrected chi connectivity index (χ3v) is 2.91. The number of nitrogens with zero attached hydrogens (tertiary/aromatic N) is 3. The summed E-state index contributed by atoms with van der Waals surface area (Å²) in [7, 11) is 2.04. The monoisotopic (exact) mass is 291 g/mol. The Morgan fingerprint density at radius 3 is 2.82 bits per heavy atom. The summed E-state index contributed by atoms with van der Waals surface area (Å²) in [6.45, 7) is 2.78. The molecule has 2 heterocycles. The van der Waals surface area contributed by atoms with Crippen molar-refractivity contribution in [2.45, 2.75) is 13.5 Å². The molecule has 2 rings (SSSR count). The van der Waals surface area contributed by atoms with E-state index in [1.807, 2.05) is 44.4 Å². The highest BCUT2D eigenvalue weighted by atomic mass is 79.9. The minimum atomic E-state index is 0.778. The third-order valence-electron chi connectivity index (χ3n) is 2.48. The van der Waals surface area contributed by atoms with E-state index in [0.29, 0.717) is 0 Å². The van der Waals surface area contributed by atoms with Gasteiger partial charge >= 0.3 is 0 Å². The second-order valence-corrected chi connectivity index (χ2v) is 4.90. The number of hydrogen-bond acceptors (Lipinski definition) is 3. The Bertz CT molecular complexity index is 514. The predicted octanol–water partition coefficient (Wildman–Crippen LogP) is 3.18. The van der Waals surface area contributed by atoms with Gasteiger partial charge < -0.3 is 4.90 Å². The minimum absolute atomic E-state index is 0.778. The molecule has 0 spiro atoms. The first-order valence-electron chi connectivity index (χ1n) is 5.39. The molecular formula is C13H14BrN3. The zero-order valence-corrected chi connectivity index (χ0v) is 11.5. The molecule has 0 saturated heterocycles. The summed E-state index contributed by atoms with van der Waals surface area (Å²) in [5.74, 6) is 0. The van der Waals surface area contributed by atoms with E-state index in [-0.39, 0.29) is 0 Å². The van der Waals surface area contributed by atoms with Crippen LogP contribution in [0, 0.1) is 6.92 Å². The zero-order chi connectivity index (χ0) is 12.3. The van der Waals surface area contributed by atoms with Gasteiger partial charge in [-0.25, -0.2) is 0 Å². The van der Waals surface area contributed by atoms with Crippen molar-refractivity contribution in [3.05, 3.63) is 52.5 Å². The second-order valence-electron chi connectivity index (χ2n) is 3.99. The fourth-order valence-corrected chi connectivity index (χ4v) is 1.98. The maximum absolute atomic E-state index is 4.49. The highest BCUT2D eigenvalue weighted by molar-refractivity contribution is 9.10. The first kappa shape index (κ1) is 12.0. The summed E-state index contributed by atoms with van der Waals surface area (Å²) >= 11 is 3.42. The molecule has 2 aromatic heterocycles. The van der Waals surface area contributed by atoms with Crippen LogP contribution in [0.3, 0.4) is 0 Å². The summed E-state index contributed by atoms with van der Waals surface area (Å²) in [5, 5.41) is 0. The Labute approximate surface area is 110 Å².